The molecule has 0 fully saturated rings. The van der Waals surface area contributed by atoms with Crippen molar-refractivity contribution in [2.24, 2.45) is 5.92 Å². The molecular weight excluding hydrogens is 469 g/mol. The van der Waals surface area contributed by atoms with Gasteiger partial charge >= 0.3 is 5.97 Å². The minimum atomic E-state index is -0.479. The van der Waals surface area contributed by atoms with E-state index in [0.717, 1.165) is 34.0 Å². The van der Waals surface area contributed by atoms with Crippen LogP contribution in [0.2, 0.25) is 0 Å². The molecule has 8 heteroatoms. The van der Waals surface area contributed by atoms with Crippen LogP contribution in [0.4, 0.5) is 15.2 Å². The van der Waals surface area contributed by atoms with E-state index >= 15 is 0 Å². The second-order valence-corrected chi connectivity index (χ2v) is 10.2. The smallest absolute Gasteiger partial charge is 0.306 e. The first kappa shape index (κ1) is 26.2. The number of esters is 1. The molecule has 0 aliphatic heterocycles. The largest absolute Gasteiger partial charge is 0.465 e. The number of ether oxygens (including phenoxy) is 1. The predicted octanol–water partition coefficient (Wildman–Crippen LogP) is 7.66. The number of nitrogens with one attached hydrogen (secondary N) is 1. The summed E-state index contributed by atoms with van der Waals surface area (Å²) in [6.45, 7) is 4.37. The minimum absolute atomic E-state index is 0.138. The lowest BCUT2D eigenvalue weighted by Crippen LogP contribution is -2.14. The maximum atomic E-state index is 12.7. The van der Waals surface area contributed by atoms with Gasteiger partial charge in [-0.1, -0.05) is 74.8 Å². The molecule has 0 radical (unpaired) electrons. The van der Waals surface area contributed by atoms with Gasteiger partial charge in [-0.2, -0.15) is 0 Å². The van der Waals surface area contributed by atoms with E-state index in [9.17, 15) is 9.18 Å². The van der Waals surface area contributed by atoms with E-state index in [1.54, 1.807) is 23.9 Å². The number of aromatic nitrogens is 2. The summed E-state index contributed by atoms with van der Waals surface area (Å²) in [4.78, 5) is 13.3. The lowest BCUT2D eigenvalue weighted by molar-refractivity contribution is -0.144. The number of rotatable bonds is 14. The number of alkyl halides is 1. The zero-order valence-electron chi connectivity index (χ0n) is 19.8. The van der Waals surface area contributed by atoms with Crippen LogP contribution in [0.1, 0.15) is 51.5 Å². The van der Waals surface area contributed by atoms with Crippen molar-refractivity contribution in [1.82, 2.24) is 10.2 Å². The zero-order valence-corrected chi connectivity index (χ0v) is 21.4. The van der Waals surface area contributed by atoms with Crippen molar-refractivity contribution in [3.8, 4) is 10.6 Å². The molecule has 0 spiro atoms. The Balaban J connectivity index is 1.53. The summed E-state index contributed by atoms with van der Waals surface area (Å²) < 4.78 is 18.2. The highest BCUT2D eigenvalue weighted by Gasteiger charge is 2.14. The number of halogens is 1. The minimum Gasteiger partial charge on any atom is -0.465 e. The van der Waals surface area contributed by atoms with Gasteiger partial charge in [-0.05, 0) is 36.1 Å². The van der Waals surface area contributed by atoms with Crippen molar-refractivity contribution in [3.05, 3.63) is 54.1 Å². The third-order valence-electron chi connectivity index (χ3n) is 5.49. The highest BCUT2D eigenvalue weighted by Crippen LogP contribution is 2.35. The van der Waals surface area contributed by atoms with E-state index in [1.807, 2.05) is 36.4 Å². The number of carbonyl (C=O) groups is 1. The highest BCUT2D eigenvalue weighted by molar-refractivity contribution is 7.99. The Hall–Kier alpha value is -2.45. The average Bonchev–Trinajstić information content (AvgIpc) is 3.33. The van der Waals surface area contributed by atoms with E-state index < -0.39 is 6.67 Å². The van der Waals surface area contributed by atoms with Gasteiger partial charge in [0.25, 0.3) is 0 Å². The van der Waals surface area contributed by atoms with Gasteiger partial charge in [-0.3, -0.25) is 4.79 Å². The monoisotopic (exact) mass is 501 g/mol. The third-order valence-corrected chi connectivity index (χ3v) is 7.44. The summed E-state index contributed by atoms with van der Waals surface area (Å²) >= 11 is 3.08. The summed E-state index contributed by atoms with van der Waals surface area (Å²) in [5.41, 5.74) is 2.46. The Morgan fingerprint density at radius 3 is 2.68 bits per heavy atom. The molecule has 182 valence electrons. The number of nitrogens with zero attached hydrogens (tertiary/aromatic N) is 2. The number of carbonyl (C=O) groups excluding carboxylic acids is 1. The Kier molecular flexibility index (Phi) is 10.8. The van der Waals surface area contributed by atoms with Crippen LogP contribution in [0.5, 0.6) is 0 Å². The van der Waals surface area contributed by atoms with Crippen LogP contribution in [-0.4, -0.2) is 28.5 Å². The van der Waals surface area contributed by atoms with Crippen molar-refractivity contribution in [2.75, 3.05) is 17.7 Å². The van der Waals surface area contributed by atoms with Crippen LogP contribution in [0.3, 0.4) is 0 Å². The van der Waals surface area contributed by atoms with Gasteiger partial charge in [0.2, 0.25) is 5.13 Å². The molecular formula is C26H32FN3O2S2. The van der Waals surface area contributed by atoms with Crippen LogP contribution >= 0.6 is 23.1 Å². The number of thioether (sulfide) groups is 1. The van der Waals surface area contributed by atoms with Gasteiger partial charge in [-0.15, -0.1) is 22.0 Å². The van der Waals surface area contributed by atoms with Crippen molar-refractivity contribution in [3.63, 3.8) is 0 Å². The van der Waals surface area contributed by atoms with E-state index in [-0.39, 0.29) is 5.97 Å². The summed E-state index contributed by atoms with van der Waals surface area (Å²) in [6.07, 6.45) is 4.87. The molecule has 1 N–H and O–H groups in total. The molecule has 3 aromatic rings. The normalized spacial score (nSPS) is 11.9. The third kappa shape index (κ3) is 8.09. The molecule has 1 atom stereocenters. The summed E-state index contributed by atoms with van der Waals surface area (Å²) in [6, 6.07) is 15.1. The second kappa shape index (κ2) is 14.1. The van der Waals surface area contributed by atoms with Gasteiger partial charge in [-0.25, -0.2) is 4.39 Å². The number of benzene rings is 2. The molecule has 0 amide bonds. The van der Waals surface area contributed by atoms with Crippen molar-refractivity contribution < 1.29 is 13.9 Å². The topological polar surface area (TPSA) is 64.1 Å². The fraction of sp³-hybridized carbons (Fsp3) is 0.423. The highest BCUT2D eigenvalue weighted by atomic mass is 32.2. The summed E-state index contributed by atoms with van der Waals surface area (Å²) in [7, 11) is 0. The molecule has 3 rings (SSSR count). The SMILES string of the molecule is CCCCC(CC)COC(=O)CCSc1ccccc1-c1nnc(Nc2ccc(CF)cc2)s1. The van der Waals surface area contributed by atoms with Gasteiger partial charge in [0, 0.05) is 21.9 Å². The molecule has 1 unspecified atom stereocenters. The van der Waals surface area contributed by atoms with Crippen LogP contribution in [0, 0.1) is 5.92 Å². The zero-order chi connectivity index (χ0) is 24.2. The number of unbranched alkanes of at least 4 members (excludes halogenated alkanes) is 1. The summed E-state index contributed by atoms with van der Waals surface area (Å²) in [5.74, 6) is 0.965. The molecule has 1 heterocycles. The second-order valence-electron chi connectivity index (χ2n) is 8.06. The molecule has 0 saturated carbocycles. The first-order chi connectivity index (χ1) is 16.6. The molecule has 0 aliphatic carbocycles. The van der Waals surface area contributed by atoms with Crippen LogP contribution < -0.4 is 5.32 Å². The quantitative estimate of drug-likeness (QED) is 0.181. The Labute approximate surface area is 209 Å². The lowest BCUT2D eigenvalue weighted by atomic mass is 10.0. The first-order valence-corrected chi connectivity index (χ1v) is 13.6. The number of hydrogen-bond acceptors (Lipinski definition) is 7. The molecule has 5 nitrogen and oxygen atoms in total. The standard InChI is InChI=1S/C26H32FN3O2S2/c1-3-5-8-19(4-2)18-32-24(31)15-16-33-23-10-7-6-9-22(23)25-29-30-26(34-25)28-21-13-11-20(17-27)12-14-21/h6-7,9-14,19H,3-5,8,15-18H2,1-2H3,(H,28,30). The lowest BCUT2D eigenvalue weighted by Gasteiger charge is -2.14. The maximum Gasteiger partial charge on any atom is 0.306 e. The van der Waals surface area contributed by atoms with Gasteiger partial charge < -0.3 is 10.1 Å². The Bertz CT molecular complexity index is 1030. The van der Waals surface area contributed by atoms with E-state index in [0.29, 0.717) is 35.4 Å². The van der Waals surface area contributed by atoms with Crippen LogP contribution in [0.15, 0.2) is 53.4 Å². The molecule has 0 bridgehead atoms. The molecule has 34 heavy (non-hydrogen) atoms. The van der Waals surface area contributed by atoms with E-state index in [4.69, 9.17) is 4.74 Å². The van der Waals surface area contributed by atoms with Crippen LogP contribution in [0.25, 0.3) is 10.6 Å². The fourth-order valence-corrected chi connectivity index (χ4v) is 5.23. The van der Waals surface area contributed by atoms with Crippen molar-refractivity contribution in [2.45, 2.75) is 57.5 Å². The number of hydrogen-bond donors (Lipinski definition) is 1. The molecule has 1 aromatic heterocycles. The van der Waals surface area contributed by atoms with E-state index in [1.165, 1.54) is 24.2 Å². The first-order valence-electron chi connectivity index (χ1n) is 11.8. The van der Waals surface area contributed by atoms with Crippen molar-refractivity contribution >= 4 is 39.9 Å². The Morgan fingerprint density at radius 1 is 1.15 bits per heavy atom. The maximum absolute atomic E-state index is 12.7. The van der Waals surface area contributed by atoms with Crippen molar-refractivity contribution in [1.29, 1.82) is 0 Å². The predicted molar refractivity (Wildman–Crippen MR) is 139 cm³/mol. The number of anilines is 2. The fourth-order valence-electron chi connectivity index (χ4n) is 3.38. The van der Waals surface area contributed by atoms with Gasteiger partial charge in [0.1, 0.15) is 6.67 Å². The molecule has 0 saturated heterocycles. The van der Waals surface area contributed by atoms with Crippen LogP contribution in [-0.2, 0) is 16.2 Å². The van der Waals surface area contributed by atoms with Gasteiger partial charge in [0.15, 0.2) is 5.01 Å². The Morgan fingerprint density at radius 2 is 1.94 bits per heavy atom. The van der Waals surface area contributed by atoms with Gasteiger partial charge in [0.05, 0.1) is 13.0 Å². The summed E-state index contributed by atoms with van der Waals surface area (Å²) in [5, 5.41) is 13.3. The van der Waals surface area contributed by atoms with E-state index in [2.05, 4.69) is 29.4 Å². The molecule has 0 aliphatic rings. The molecule has 2 aromatic carbocycles. The average molecular weight is 502 g/mol.